The number of nitrogens with one attached hydrogen (secondary N) is 1. The minimum atomic E-state index is -3.78. The Hall–Kier alpha value is -2.78. The number of amidine groups is 1. The maximum absolute atomic E-state index is 13.5. The van der Waals surface area contributed by atoms with E-state index in [0.29, 0.717) is 31.0 Å². The third-order valence-corrected chi connectivity index (χ3v) is 7.47. The predicted molar refractivity (Wildman–Crippen MR) is 126 cm³/mol. The van der Waals surface area contributed by atoms with Crippen LogP contribution in [0.15, 0.2) is 57.8 Å². The molecular formula is C24H29FN4O3S. The average molecular weight is 473 g/mol. The Morgan fingerprint density at radius 2 is 1.94 bits per heavy atom. The van der Waals surface area contributed by atoms with Gasteiger partial charge in [0.2, 0.25) is 5.91 Å². The van der Waals surface area contributed by atoms with Gasteiger partial charge in [0, 0.05) is 38.8 Å². The first-order valence-corrected chi connectivity index (χ1v) is 12.7. The summed E-state index contributed by atoms with van der Waals surface area (Å²) in [6.07, 6.45) is 3.22. The summed E-state index contributed by atoms with van der Waals surface area (Å²) in [5, 5.41) is 2.90. The first kappa shape index (κ1) is 23.4. The molecule has 1 amide bonds. The Balaban J connectivity index is 1.36. The van der Waals surface area contributed by atoms with Gasteiger partial charge in [-0.25, -0.2) is 4.39 Å². The molecule has 2 aliphatic rings. The number of carbonyl (C=O) groups is 1. The molecule has 0 aromatic heterocycles. The lowest BCUT2D eigenvalue weighted by atomic mass is 9.96. The lowest BCUT2D eigenvalue weighted by Gasteiger charge is -2.32. The molecule has 0 spiro atoms. The van der Waals surface area contributed by atoms with Gasteiger partial charge in [0.05, 0.1) is 10.8 Å². The molecule has 0 aliphatic carbocycles. The highest BCUT2D eigenvalue weighted by Crippen LogP contribution is 2.23. The van der Waals surface area contributed by atoms with E-state index in [2.05, 4.69) is 14.6 Å². The number of hydrogen-bond donors (Lipinski definition) is 1. The number of piperidine rings is 1. The number of amides is 1. The maximum Gasteiger partial charge on any atom is 0.283 e. The summed E-state index contributed by atoms with van der Waals surface area (Å²) in [5.74, 6) is 0.0424. The number of hydrogen-bond acceptors (Lipinski definition) is 4. The molecular weight excluding hydrogens is 443 g/mol. The molecule has 2 aromatic carbocycles. The molecule has 0 saturated carbocycles. The zero-order valence-electron chi connectivity index (χ0n) is 18.7. The van der Waals surface area contributed by atoms with Gasteiger partial charge in [-0.05, 0) is 67.8 Å². The van der Waals surface area contributed by atoms with Gasteiger partial charge in [0.1, 0.15) is 11.7 Å². The zero-order chi connectivity index (χ0) is 23.4. The Bertz CT molecular complexity index is 1130. The Morgan fingerprint density at radius 3 is 2.64 bits per heavy atom. The first-order valence-electron chi connectivity index (χ1n) is 11.2. The van der Waals surface area contributed by atoms with E-state index in [4.69, 9.17) is 0 Å². The summed E-state index contributed by atoms with van der Waals surface area (Å²) in [6.45, 7) is 2.87. The van der Waals surface area contributed by atoms with E-state index in [1.165, 1.54) is 24.3 Å². The van der Waals surface area contributed by atoms with Crippen molar-refractivity contribution in [3.8, 4) is 0 Å². The maximum atomic E-state index is 13.5. The van der Waals surface area contributed by atoms with Crippen molar-refractivity contribution in [3.63, 3.8) is 0 Å². The number of rotatable bonds is 6. The normalized spacial score (nSPS) is 20.8. The summed E-state index contributed by atoms with van der Waals surface area (Å²) >= 11 is 0. The van der Waals surface area contributed by atoms with Crippen LogP contribution in [0.3, 0.4) is 0 Å². The summed E-state index contributed by atoms with van der Waals surface area (Å²) in [4.78, 5) is 16.9. The van der Waals surface area contributed by atoms with Crippen LogP contribution < -0.4 is 5.32 Å². The van der Waals surface area contributed by atoms with Crippen LogP contribution in [0.4, 0.5) is 10.1 Å². The van der Waals surface area contributed by atoms with Crippen LogP contribution in [-0.4, -0.2) is 56.6 Å². The summed E-state index contributed by atoms with van der Waals surface area (Å²) in [6, 6.07) is 12.7. The Morgan fingerprint density at radius 1 is 1.15 bits per heavy atom. The molecule has 176 valence electrons. The van der Waals surface area contributed by atoms with Crippen LogP contribution >= 0.6 is 0 Å². The summed E-state index contributed by atoms with van der Waals surface area (Å²) < 4.78 is 42.6. The van der Waals surface area contributed by atoms with E-state index in [9.17, 15) is 17.6 Å². The van der Waals surface area contributed by atoms with Crippen molar-refractivity contribution in [2.45, 2.75) is 37.1 Å². The largest absolute Gasteiger partial charge is 0.362 e. The van der Waals surface area contributed by atoms with Gasteiger partial charge in [0.25, 0.3) is 10.0 Å². The standard InChI is InChI=1S/C24H29FN4O3S/c1-28-13-4-8-23(28)27-33(31,32)22-11-9-21(10-12-22)26-24(30)19-6-3-14-29(17-19)16-18-5-2-7-20(25)15-18/h2,5,7,9-12,15,19H,3-4,6,8,13-14,16-17H2,1H3,(H,26,30)/b27-23-. The second kappa shape index (κ2) is 10.0. The predicted octanol–water partition coefficient (Wildman–Crippen LogP) is 3.49. The molecule has 1 atom stereocenters. The van der Waals surface area contributed by atoms with Gasteiger partial charge >= 0.3 is 0 Å². The lowest BCUT2D eigenvalue weighted by molar-refractivity contribution is -0.121. The van der Waals surface area contributed by atoms with Crippen molar-refractivity contribution in [1.29, 1.82) is 0 Å². The molecule has 1 N–H and O–H groups in total. The van der Waals surface area contributed by atoms with Gasteiger partial charge < -0.3 is 10.2 Å². The van der Waals surface area contributed by atoms with Crippen LogP contribution in [0.2, 0.25) is 0 Å². The van der Waals surface area contributed by atoms with Gasteiger partial charge in [-0.2, -0.15) is 8.42 Å². The highest BCUT2D eigenvalue weighted by Gasteiger charge is 2.26. The molecule has 0 bridgehead atoms. The van der Waals surface area contributed by atoms with Crippen LogP contribution in [0, 0.1) is 11.7 Å². The first-order chi connectivity index (χ1) is 15.8. The monoisotopic (exact) mass is 472 g/mol. The topological polar surface area (TPSA) is 82.1 Å². The van der Waals surface area contributed by atoms with Crippen molar-refractivity contribution in [1.82, 2.24) is 9.80 Å². The summed E-state index contributed by atoms with van der Waals surface area (Å²) in [7, 11) is -1.94. The van der Waals surface area contributed by atoms with Gasteiger partial charge in [-0.15, -0.1) is 4.40 Å². The van der Waals surface area contributed by atoms with Crippen LogP contribution in [-0.2, 0) is 21.4 Å². The van der Waals surface area contributed by atoms with Crippen molar-refractivity contribution in [3.05, 3.63) is 59.9 Å². The van der Waals surface area contributed by atoms with Crippen LogP contribution in [0.1, 0.15) is 31.2 Å². The molecule has 2 fully saturated rings. The van der Waals surface area contributed by atoms with E-state index < -0.39 is 10.0 Å². The molecule has 1 unspecified atom stereocenters. The molecule has 2 saturated heterocycles. The quantitative estimate of drug-likeness (QED) is 0.696. The number of halogens is 1. The number of likely N-dealkylation sites (tertiary alicyclic amines) is 2. The van der Waals surface area contributed by atoms with Gasteiger partial charge in [0.15, 0.2) is 0 Å². The second-order valence-corrected chi connectivity index (χ2v) is 10.3. The average Bonchev–Trinajstić information content (AvgIpc) is 3.18. The molecule has 33 heavy (non-hydrogen) atoms. The van der Waals surface area contributed by atoms with E-state index in [1.807, 2.05) is 18.0 Å². The van der Waals surface area contributed by atoms with Crippen LogP contribution in [0.5, 0.6) is 0 Å². The molecule has 0 radical (unpaired) electrons. The van der Waals surface area contributed by atoms with E-state index in [1.54, 1.807) is 18.2 Å². The van der Waals surface area contributed by atoms with E-state index in [0.717, 1.165) is 37.9 Å². The van der Waals surface area contributed by atoms with Crippen molar-refractivity contribution in [2.24, 2.45) is 10.3 Å². The molecule has 2 aliphatic heterocycles. The second-order valence-electron chi connectivity index (χ2n) is 8.73. The minimum absolute atomic E-state index is 0.0950. The molecule has 2 heterocycles. The van der Waals surface area contributed by atoms with Gasteiger partial charge in [-0.1, -0.05) is 12.1 Å². The minimum Gasteiger partial charge on any atom is -0.362 e. The fourth-order valence-electron chi connectivity index (χ4n) is 4.36. The van der Waals surface area contributed by atoms with Crippen LogP contribution in [0.25, 0.3) is 0 Å². The smallest absolute Gasteiger partial charge is 0.283 e. The van der Waals surface area contributed by atoms with E-state index in [-0.39, 0.29) is 22.5 Å². The third-order valence-electron chi connectivity index (χ3n) is 6.15. The number of anilines is 1. The van der Waals surface area contributed by atoms with Crippen molar-refractivity contribution in [2.75, 3.05) is 32.0 Å². The molecule has 4 rings (SSSR count). The SMILES string of the molecule is CN1CCC/C1=N/S(=O)(=O)c1ccc(NC(=O)C2CCCN(Cc3cccc(F)c3)C2)cc1. The molecule has 7 nitrogen and oxygen atoms in total. The van der Waals surface area contributed by atoms with Gasteiger partial charge in [-0.3, -0.25) is 9.69 Å². The Kier molecular flexibility index (Phi) is 7.09. The number of sulfonamides is 1. The number of benzene rings is 2. The number of carbonyl (C=O) groups excluding carboxylic acids is 1. The van der Waals surface area contributed by atoms with Crippen molar-refractivity contribution >= 4 is 27.5 Å². The fraction of sp³-hybridized carbons (Fsp3) is 0.417. The molecule has 9 heteroatoms. The van der Waals surface area contributed by atoms with Crippen molar-refractivity contribution < 1.29 is 17.6 Å². The number of nitrogens with zero attached hydrogens (tertiary/aromatic N) is 3. The fourth-order valence-corrected chi connectivity index (χ4v) is 5.46. The highest BCUT2D eigenvalue weighted by atomic mass is 32.2. The van der Waals surface area contributed by atoms with E-state index >= 15 is 0 Å². The Labute approximate surface area is 194 Å². The zero-order valence-corrected chi connectivity index (χ0v) is 19.5. The third kappa shape index (κ3) is 5.97. The highest BCUT2D eigenvalue weighted by molar-refractivity contribution is 7.90. The lowest BCUT2D eigenvalue weighted by Crippen LogP contribution is -2.40. The molecule has 2 aromatic rings. The summed E-state index contributed by atoms with van der Waals surface area (Å²) in [5.41, 5.74) is 1.44.